The topological polar surface area (TPSA) is 88.6 Å². The van der Waals surface area contributed by atoms with Crippen LogP contribution in [0.25, 0.3) is 0 Å². The second-order valence-corrected chi connectivity index (χ2v) is 7.80. The predicted octanol–water partition coefficient (Wildman–Crippen LogP) is 3.95. The average Bonchev–Trinajstić information content (AvgIpc) is 2.81. The Balaban J connectivity index is 1.51. The first kappa shape index (κ1) is 22.7. The first-order chi connectivity index (χ1) is 15.1. The minimum atomic E-state index is 0.0115. The van der Waals surface area contributed by atoms with Crippen LogP contribution < -0.4 is 25.0 Å². The molecule has 1 amide bonds. The summed E-state index contributed by atoms with van der Waals surface area (Å²) in [5.74, 6) is 3.53. The van der Waals surface area contributed by atoms with E-state index in [0.29, 0.717) is 29.5 Å². The smallest absolute Gasteiger partial charge is 0.224 e. The van der Waals surface area contributed by atoms with Gasteiger partial charge in [0, 0.05) is 43.9 Å². The number of hydrogen-bond donors (Lipinski definition) is 2. The number of ether oxygens (including phenoxy) is 2. The average molecular weight is 428 g/mol. The second-order valence-electron chi connectivity index (χ2n) is 7.80. The predicted molar refractivity (Wildman–Crippen MR) is 123 cm³/mol. The molecule has 0 spiro atoms. The first-order valence-corrected chi connectivity index (χ1v) is 11.0. The Morgan fingerprint density at radius 3 is 2.81 bits per heavy atom. The third-order valence-corrected chi connectivity index (χ3v) is 5.50. The van der Waals surface area contributed by atoms with Crippen molar-refractivity contribution in [2.24, 2.45) is 5.92 Å². The minimum Gasteiger partial charge on any atom is -0.493 e. The van der Waals surface area contributed by atoms with Crippen LogP contribution in [0.15, 0.2) is 30.6 Å². The van der Waals surface area contributed by atoms with E-state index < -0.39 is 0 Å². The van der Waals surface area contributed by atoms with Crippen LogP contribution in [0.5, 0.6) is 11.5 Å². The first-order valence-electron chi connectivity index (χ1n) is 11.0. The van der Waals surface area contributed by atoms with Crippen LogP contribution in [-0.2, 0) is 4.79 Å². The van der Waals surface area contributed by atoms with Crippen molar-refractivity contribution >= 4 is 23.2 Å². The summed E-state index contributed by atoms with van der Waals surface area (Å²) in [6, 6.07) is 7.40. The van der Waals surface area contributed by atoms with Crippen LogP contribution in [-0.4, -0.2) is 49.7 Å². The van der Waals surface area contributed by atoms with Gasteiger partial charge in [-0.15, -0.1) is 0 Å². The Hall–Kier alpha value is -3.03. The summed E-state index contributed by atoms with van der Waals surface area (Å²) >= 11 is 0. The van der Waals surface area contributed by atoms with E-state index in [2.05, 4.69) is 32.4 Å². The minimum absolute atomic E-state index is 0.0115. The molecular formula is C23H33N5O3. The molecule has 2 aromatic rings. The lowest BCUT2D eigenvalue weighted by Gasteiger charge is -2.33. The lowest BCUT2D eigenvalue weighted by molar-refractivity contribution is -0.116. The van der Waals surface area contributed by atoms with E-state index in [4.69, 9.17) is 9.47 Å². The summed E-state index contributed by atoms with van der Waals surface area (Å²) in [6.07, 6.45) is 6.24. The highest BCUT2D eigenvalue weighted by atomic mass is 16.5. The summed E-state index contributed by atoms with van der Waals surface area (Å²) in [6.45, 7) is 4.92. The molecule has 168 valence electrons. The largest absolute Gasteiger partial charge is 0.493 e. The summed E-state index contributed by atoms with van der Waals surface area (Å²) in [5.41, 5.74) is 0.709. The van der Waals surface area contributed by atoms with E-state index in [1.807, 2.05) is 12.1 Å². The summed E-state index contributed by atoms with van der Waals surface area (Å²) in [5, 5.41) is 6.28. The van der Waals surface area contributed by atoms with Gasteiger partial charge in [0.05, 0.1) is 14.2 Å². The van der Waals surface area contributed by atoms with Gasteiger partial charge in [0.15, 0.2) is 11.5 Å². The zero-order valence-corrected chi connectivity index (χ0v) is 18.7. The molecule has 1 aliphatic heterocycles. The van der Waals surface area contributed by atoms with E-state index in [1.54, 1.807) is 32.7 Å². The van der Waals surface area contributed by atoms with Gasteiger partial charge in [0.25, 0.3) is 0 Å². The van der Waals surface area contributed by atoms with E-state index >= 15 is 0 Å². The van der Waals surface area contributed by atoms with Crippen molar-refractivity contribution in [3.8, 4) is 11.5 Å². The third-order valence-electron chi connectivity index (χ3n) is 5.50. The zero-order valence-electron chi connectivity index (χ0n) is 18.7. The highest BCUT2D eigenvalue weighted by Gasteiger charge is 2.22. The third kappa shape index (κ3) is 6.47. The van der Waals surface area contributed by atoms with Crippen LogP contribution in [0.3, 0.4) is 0 Å². The lowest BCUT2D eigenvalue weighted by atomic mass is 9.93. The number of anilines is 3. The molecular weight excluding hydrogens is 394 g/mol. The maximum Gasteiger partial charge on any atom is 0.224 e. The van der Waals surface area contributed by atoms with Gasteiger partial charge < -0.3 is 25.0 Å². The molecule has 8 nitrogen and oxygen atoms in total. The van der Waals surface area contributed by atoms with E-state index in [9.17, 15) is 4.79 Å². The van der Waals surface area contributed by atoms with Gasteiger partial charge in [-0.05, 0) is 43.7 Å². The summed E-state index contributed by atoms with van der Waals surface area (Å²) in [7, 11) is 3.17. The number of carbonyl (C=O) groups excluding carboxylic acids is 1. The van der Waals surface area contributed by atoms with Gasteiger partial charge in [-0.3, -0.25) is 4.79 Å². The van der Waals surface area contributed by atoms with Crippen molar-refractivity contribution in [3.05, 3.63) is 30.6 Å². The number of amides is 1. The molecule has 0 saturated carbocycles. The number of piperidine rings is 1. The molecule has 1 fully saturated rings. The SMILES string of the molecule is CCCNc1cc(N2CCCC(CCC(=O)Nc3ccc(OC)c(OC)c3)C2)ncn1. The molecule has 1 unspecified atom stereocenters. The molecule has 2 heterocycles. The standard InChI is InChI=1S/C23H33N5O3/c1-4-11-24-21-14-22(26-16-25-21)28-12-5-6-17(15-28)7-10-23(29)27-18-8-9-19(30-2)20(13-18)31-3/h8-9,13-14,16-17H,4-7,10-12,15H2,1-3H3,(H,27,29)(H,24,25,26). The van der Waals surface area contributed by atoms with E-state index in [0.717, 1.165) is 57.0 Å². The monoisotopic (exact) mass is 427 g/mol. The molecule has 2 N–H and O–H groups in total. The zero-order chi connectivity index (χ0) is 22.1. The van der Waals surface area contributed by atoms with Crippen molar-refractivity contribution in [2.45, 2.75) is 39.0 Å². The number of carbonyl (C=O) groups is 1. The Morgan fingerprint density at radius 2 is 2.03 bits per heavy atom. The molecule has 1 aliphatic rings. The molecule has 0 aliphatic carbocycles. The molecule has 3 rings (SSSR count). The Bertz CT molecular complexity index is 861. The number of benzene rings is 1. The van der Waals surface area contributed by atoms with Crippen molar-refractivity contribution in [2.75, 3.05) is 49.4 Å². The van der Waals surface area contributed by atoms with Crippen molar-refractivity contribution in [3.63, 3.8) is 0 Å². The normalized spacial score (nSPS) is 16.0. The molecule has 0 bridgehead atoms. The number of aromatic nitrogens is 2. The molecule has 31 heavy (non-hydrogen) atoms. The van der Waals surface area contributed by atoms with Crippen molar-refractivity contribution in [1.29, 1.82) is 0 Å². The van der Waals surface area contributed by atoms with Crippen molar-refractivity contribution < 1.29 is 14.3 Å². The fraction of sp³-hybridized carbons (Fsp3) is 0.522. The van der Waals surface area contributed by atoms with Crippen LogP contribution >= 0.6 is 0 Å². The number of nitrogens with zero attached hydrogens (tertiary/aromatic N) is 3. The summed E-state index contributed by atoms with van der Waals surface area (Å²) in [4.78, 5) is 23.5. The van der Waals surface area contributed by atoms with Gasteiger partial charge in [-0.25, -0.2) is 9.97 Å². The Kier molecular flexibility index (Phi) is 8.32. The fourth-order valence-electron chi connectivity index (χ4n) is 3.85. The Labute approximate surface area is 184 Å². The quantitative estimate of drug-likeness (QED) is 0.593. The number of nitrogens with one attached hydrogen (secondary N) is 2. The number of hydrogen-bond acceptors (Lipinski definition) is 7. The Morgan fingerprint density at radius 1 is 1.19 bits per heavy atom. The van der Waals surface area contributed by atoms with Crippen LogP contribution in [0.2, 0.25) is 0 Å². The van der Waals surface area contributed by atoms with Gasteiger partial charge in [-0.2, -0.15) is 0 Å². The lowest BCUT2D eigenvalue weighted by Crippen LogP contribution is -2.36. The molecule has 1 aromatic heterocycles. The highest BCUT2D eigenvalue weighted by Crippen LogP contribution is 2.30. The van der Waals surface area contributed by atoms with Crippen LogP contribution in [0.4, 0.5) is 17.3 Å². The molecule has 8 heteroatoms. The van der Waals surface area contributed by atoms with Gasteiger partial charge >= 0.3 is 0 Å². The van der Waals surface area contributed by atoms with Gasteiger partial charge in [0.1, 0.15) is 18.0 Å². The fourth-order valence-corrected chi connectivity index (χ4v) is 3.85. The maximum absolute atomic E-state index is 12.5. The van der Waals surface area contributed by atoms with Gasteiger partial charge in [-0.1, -0.05) is 6.92 Å². The summed E-state index contributed by atoms with van der Waals surface area (Å²) < 4.78 is 10.5. The van der Waals surface area contributed by atoms with Gasteiger partial charge in [0.2, 0.25) is 5.91 Å². The van der Waals surface area contributed by atoms with E-state index in [-0.39, 0.29) is 5.91 Å². The second kappa shape index (κ2) is 11.4. The van der Waals surface area contributed by atoms with Crippen LogP contribution in [0.1, 0.15) is 39.0 Å². The highest BCUT2D eigenvalue weighted by molar-refractivity contribution is 5.91. The number of rotatable bonds is 10. The van der Waals surface area contributed by atoms with E-state index in [1.165, 1.54) is 0 Å². The number of methoxy groups -OCH3 is 2. The molecule has 1 aromatic carbocycles. The molecule has 0 radical (unpaired) electrons. The molecule has 1 saturated heterocycles. The van der Waals surface area contributed by atoms with Crippen molar-refractivity contribution in [1.82, 2.24) is 9.97 Å². The van der Waals surface area contributed by atoms with Crippen LogP contribution in [0, 0.1) is 5.92 Å². The maximum atomic E-state index is 12.5. The molecule has 1 atom stereocenters.